The molecule has 0 aromatic rings. The van der Waals surface area contributed by atoms with Crippen molar-refractivity contribution in [3.63, 3.8) is 0 Å². The number of hydrogen-bond acceptors (Lipinski definition) is 2. The van der Waals surface area contributed by atoms with Crippen molar-refractivity contribution in [2.75, 3.05) is 6.54 Å². The Bertz CT molecular complexity index is 223. The number of halogens is 1. The van der Waals surface area contributed by atoms with E-state index < -0.39 is 0 Å². The second kappa shape index (κ2) is 3.30. The number of carbonyl (C=O) groups is 1. The van der Waals surface area contributed by atoms with Gasteiger partial charge in [0, 0.05) is 24.6 Å². The van der Waals surface area contributed by atoms with Gasteiger partial charge in [-0.1, -0.05) is 22.5 Å². The Kier molecular flexibility index (Phi) is 2.74. The van der Waals surface area contributed by atoms with Crippen molar-refractivity contribution in [3.05, 3.63) is 12.2 Å². The maximum atomic E-state index is 11.4. The van der Waals surface area contributed by atoms with E-state index in [0.29, 0.717) is 12.0 Å². The number of alkyl halides is 1. The fourth-order valence-electron chi connectivity index (χ4n) is 1.28. The monoisotopic (exact) mass is 231 g/mol. The fourth-order valence-corrected chi connectivity index (χ4v) is 1.66. The lowest BCUT2D eigenvalue weighted by Gasteiger charge is -2.28. The van der Waals surface area contributed by atoms with Crippen LogP contribution in [0.15, 0.2) is 12.2 Å². The van der Waals surface area contributed by atoms with Crippen LogP contribution in [0.4, 0.5) is 0 Å². The summed E-state index contributed by atoms with van der Waals surface area (Å²) in [6.45, 7) is 8.61. The Morgan fingerprint density at radius 2 is 2.33 bits per heavy atom. The minimum absolute atomic E-state index is 0.159. The second-order valence-electron chi connectivity index (χ2n) is 3.40. The zero-order chi connectivity index (χ0) is 9.35. The summed E-state index contributed by atoms with van der Waals surface area (Å²) in [5.41, 5.74) is 0.681. The molecule has 1 saturated heterocycles. The van der Waals surface area contributed by atoms with Gasteiger partial charge in [-0.3, -0.25) is 4.79 Å². The van der Waals surface area contributed by atoms with Crippen molar-refractivity contribution in [1.29, 1.82) is 0 Å². The molecule has 0 aromatic heterocycles. The predicted octanol–water partition coefficient (Wildman–Crippen LogP) is 1.65. The van der Waals surface area contributed by atoms with Crippen LogP contribution in [-0.2, 0) is 4.79 Å². The standard InChI is InChI=1S/C9H14BrNO/c1-6-8(12)4-5-11-7(2)9(6,3)10/h7,11H,1,4-5H2,2-3H3. The highest BCUT2D eigenvalue weighted by Gasteiger charge is 2.36. The lowest BCUT2D eigenvalue weighted by atomic mass is 9.93. The number of rotatable bonds is 0. The van der Waals surface area contributed by atoms with Gasteiger partial charge < -0.3 is 5.32 Å². The molecule has 68 valence electrons. The zero-order valence-electron chi connectivity index (χ0n) is 7.48. The van der Waals surface area contributed by atoms with Crippen molar-refractivity contribution in [2.24, 2.45) is 0 Å². The largest absolute Gasteiger partial charge is 0.312 e. The third-order valence-corrected chi connectivity index (χ3v) is 3.71. The van der Waals surface area contributed by atoms with E-state index >= 15 is 0 Å². The summed E-state index contributed by atoms with van der Waals surface area (Å²) in [6, 6.07) is 0.247. The summed E-state index contributed by atoms with van der Waals surface area (Å²) in [4.78, 5) is 11.4. The van der Waals surface area contributed by atoms with E-state index in [1.54, 1.807) is 0 Å². The molecule has 0 radical (unpaired) electrons. The van der Waals surface area contributed by atoms with Gasteiger partial charge >= 0.3 is 0 Å². The molecule has 1 aliphatic rings. The maximum absolute atomic E-state index is 11.4. The first kappa shape index (κ1) is 9.93. The number of nitrogens with one attached hydrogen (secondary N) is 1. The molecule has 1 aliphatic heterocycles. The summed E-state index contributed by atoms with van der Waals surface area (Å²) >= 11 is 3.53. The van der Waals surface area contributed by atoms with Crippen molar-refractivity contribution in [1.82, 2.24) is 5.32 Å². The minimum Gasteiger partial charge on any atom is -0.312 e. The van der Waals surface area contributed by atoms with Crippen LogP contribution in [0.5, 0.6) is 0 Å². The summed E-state index contributed by atoms with van der Waals surface area (Å²) in [6.07, 6.45) is 0.560. The lowest BCUT2D eigenvalue weighted by Crippen LogP contribution is -2.42. The quantitative estimate of drug-likeness (QED) is 0.508. The Morgan fingerprint density at radius 1 is 1.75 bits per heavy atom. The van der Waals surface area contributed by atoms with Crippen LogP contribution in [0.3, 0.4) is 0 Å². The molecule has 0 saturated carbocycles. The van der Waals surface area contributed by atoms with Crippen LogP contribution >= 0.6 is 15.9 Å². The molecule has 2 atom stereocenters. The number of hydrogen-bond donors (Lipinski definition) is 1. The summed E-state index contributed by atoms with van der Waals surface area (Å²) in [7, 11) is 0. The predicted molar refractivity (Wildman–Crippen MR) is 53.6 cm³/mol. The normalized spacial score (nSPS) is 38.1. The molecule has 1 N–H and O–H groups in total. The first-order valence-corrected chi connectivity index (χ1v) is 4.90. The Labute approximate surface area is 81.5 Å². The molecular formula is C9H14BrNO. The third kappa shape index (κ3) is 1.62. The number of carbonyl (C=O) groups excluding carboxylic acids is 1. The highest BCUT2D eigenvalue weighted by atomic mass is 79.9. The summed E-state index contributed by atoms with van der Waals surface area (Å²) in [5, 5.41) is 3.27. The van der Waals surface area contributed by atoms with E-state index in [1.165, 1.54) is 0 Å². The van der Waals surface area contributed by atoms with Gasteiger partial charge in [-0.2, -0.15) is 0 Å². The molecule has 3 heteroatoms. The number of Topliss-reactive ketones (excluding diaryl/α,β-unsaturated/α-hetero) is 1. The number of ketones is 1. The van der Waals surface area contributed by atoms with Crippen molar-refractivity contribution < 1.29 is 4.79 Å². The van der Waals surface area contributed by atoms with Gasteiger partial charge in [-0.25, -0.2) is 0 Å². The van der Waals surface area contributed by atoms with Crippen LogP contribution in [0.25, 0.3) is 0 Å². The molecule has 0 aliphatic carbocycles. The summed E-state index contributed by atoms with van der Waals surface area (Å²) in [5.74, 6) is 0.159. The second-order valence-corrected chi connectivity index (χ2v) is 5.05. The Hall–Kier alpha value is -0.150. The van der Waals surface area contributed by atoms with E-state index in [0.717, 1.165) is 6.54 Å². The molecule has 0 bridgehead atoms. The molecule has 2 nitrogen and oxygen atoms in total. The minimum atomic E-state index is -0.291. The molecule has 1 rings (SSSR count). The lowest BCUT2D eigenvalue weighted by molar-refractivity contribution is -0.115. The smallest absolute Gasteiger partial charge is 0.161 e. The maximum Gasteiger partial charge on any atom is 0.161 e. The molecule has 12 heavy (non-hydrogen) atoms. The van der Waals surface area contributed by atoms with E-state index in [1.807, 2.05) is 6.92 Å². The van der Waals surface area contributed by atoms with E-state index in [4.69, 9.17) is 0 Å². The van der Waals surface area contributed by atoms with Gasteiger partial charge in [0.05, 0.1) is 4.32 Å². The van der Waals surface area contributed by atoms with Crippen LogP contribution in [0, 0.1) is 0 Å². The first-order valence-electron chi connectivity index (χ1n) is 4.11. The van der Waals surface area contributed by atoms with Crippen LogP contribution in [-0.4, -0.2) is 22.7 Å². The van der Waals surface area contributed by atoms with E-state index in [-0.39, 0.29) is 16.1 Å². The van der Waals surface area contributed by atoms with Gasteiger partial charge in [0.25, 0.3) is 0 Å². The van der Waals surface area contributed by atoms with Gasteiger partial charge in [-0.15, -0.1) is 0 Å². The van der Waals surface area contributed by atoms with Gasteiger partial charge in [-0.05, 0) is 13.8 Å². The molecule has 2 unspecified atom stereocenters. The van der Waals surface area contributed by atoms with Crippen LogP contribution in [0.2, 0.25) is 0 Å². The molecule has 1 fully saturated rings. The van der Waals surface area contributed by atoms with Crippen molar-refractivity contribution in [2.45, 2.75) is 30.6 Å². The van der Waals surface area contributed by atoms with E-state index in [2.05, 4.69) is 34.7 Å². The van der Waals surface area contributed by atoms with Crippen molar-refractivity contribution >= 4 is 21.7 Å². The zero-order valence-corrected chi connectivity index (χ0v) is 9.07. The fraction of sp³-hybridized carbons (Fsp3) is 0.667. The molecular weight excluding hydrogens is 218 g/mol. The van der Waals surface area contributed by atoms with Gasteiger partial charge in [0.1, 0.15) is 0 Å². The van der Waals surface area contributed by atoms with Gasteiger partial charge in [0.2, 0.25) is 0 Å². The Balaban J connectivity index is 2.93. The Morgan fingerprint density at radius 3 is 2.92 bits per heavy atom. The van der Waals surface area contributed by atoms with Crippen LogP contribution in [0.1, 0.15) is 20.3 Å². The molecule has 0 amide bonds. The average molecular weight is 232 g/mol. The highest BCUT2D eigenvalue weighted by molar-refractivity contribution is 9.10. The van der Waals surface area contributed by atoms with Gasteiger partial charge in [0.15, 0.2) is 5.78 Å². The van der Waals surface area contributed by atoms with Crippen molar-refractivity contribution in [3.8, 4) is 0 Å². The average Bonchev–Trinajstić information content (AvgIpc) is 2.07. The molecule has 0 aromatic carbocycles. The highest BCUT2D eigenvalue weighted by Crippen LogP contribution is 2.32. The SMILES string of the molecule is C=C1C(=O)CCNC(C)C1(C)Br. The summed E-state index contributed by atoms with van der Waals surface area (Å²) < 4.78 is -0.291. The molecule has 1 heterocycles. The third-order valence-electron chi connectivity index (χ3n) is 2.54. The topological polar surface area (TPSA) is 29.1 Å². The first-order chi connectivity index (χ1) is 5.46. The van der Waals surface area contributed by atoms with Crippen LogP contribution < -0.4 is 5.32 Å². The molecule has 0 spiro atoms. The van der Waals surface area contributed by atoms with E-state index in [9.17, 15) is 4.79 Å².